The summed E-state index contributed by atoms with van der Waals surface area (Å²) < 4.78 is 5.34. The van der Waals surface area contributed by atoms with Gasteiger partial charge >= 0.3 is 12.1 Å². The minimum absolute atomic E-state index is 0.342. The second kappa shape index (κ2) is 9.43. The zero-order valence-electron chi connectivity index (χ0n) is 15.5. The van der Waals surface area contributed by atoms with Crippen LogP contribution in [0.5, 0.6) is 0 Å². The highest BCUT2D eigenvalue weighted by atomic mass is 35.5. The number of urea groups is 2. The molecule has 2 aliphatic rings. The molecule has 0 bridgehead atoms. The third-order valence-electron chi connectivity index (χ3n) is 4.20. The van der Waals surface area contributed by atoms with Gasteiger partial charge in [-0.15, -0.1) is 0 Å². The van der Waals surface area contributed by atoms with Crippen molar-refractivity contribution in [3.8, 4) is 0 Å². The largest absolute Gasteiger partial charge is 0.382 e. The van der Waals surface area contributed by atoms with Gasteiger partial charge in [-0.2, -0.15) is 9.98 Å². The van der Waals surface area contributed by atoms with Gasteiger partial charge in [-0.25, -0.2) is 9.59 Å². The van der Waals surface area contributed by atoms with E-state index in [1.807, 2.05) is 19.1 Å². The Morgan fingerprint density at radius 3 is 2.86 bits per heavy atom. The van der Waals surface area contributed by atoms with Crippen molar-refractivity contribution in [2.45, 2.75) is 13.3 Å². The molecule has 1 atom stereocenters. The van der Waals surface area contributed by atoms with Crippen LogP contribution in [0.1, 0.15) is 13.3 Å². The molecule has 4 amide bonds. The summed E-state index contributed by atoms with van der Waals surface area (Å²) in [6.07, 6.45) is 7.90. The molecule has 0 saturated carbocycles. The van der Waals surface area contributed by atoms with Crippen LogP contribution in [0.15, 0.2) is 58.6 Å². The SMILES string of the molecule is CCOCCCN1C(=O)N=C2C=CC=CC2/C1=N/C(=O)Nc1ccc(Cl)cc1. The number of allylic oxidation sites excluding steroid dienone is 3. The van der Waals surface area contributed by atoms with Crippen LogP contribution in [0.25, 0.3) is 0 Å². The van der Waals surface area contributed by atoms with Gasteiger partial charge in [-0.3, -0.25) is 4.90 Å². The monoisotopic (exact) mass is 400 g/mol. The quantitative estimate of drug-likeness (QED) is 0.722. The van der Waals surface area contributed by atoms with Gasteiger partial charge in [0, 0.05) is 30.5 Å². The Balaban J connectivity index is 1.82. The van der Waals surface area contributed by atoms with E-state index >= 15 is 0 Å². The standard InChI is InChI=1S/C20H21ClN4O3/c1-2-28-13-5-12-25-18(16-6-3-4-7-17(16)23-20(25)27)24-19(26)22-15-10-8-14(21)9-11-15/h3-4,6-11,16H,2,5,12-13H2,1H3,(H,22,26)/b24-18-. The first-order valence-electron chi connectivity index (χ1n) is 9.06. The molecule has 1 aliphatic carbocycles. The van der Waals surface area contributed by atoms with Crippen LogP contribution in [0.3, 0.4) is 0 Å². The first-order chi connectivity index (χ1) is 13.6. The molecule has 146 valence electrons. The molecule has 0 fully saturated rings. The summed E-state index contributed by atoms with van der Waals surface area (Å²) in [6.45, 7) is 3.41. The zero-order valence-corrected chi connectivity index (χ0v) is 16.2. The Kier molecular flexibility index (Phi) is 6.73. The van der Waals surface area contributed by atoms with Crippen LogP contribution in [0, 0.1) is 5.92 Å². The molecule has 1 N–H and O–H groups in total. The first kappa shape index (κ1) is 20.0. The van der Waals surface area contributed by atoms with Gasteiger partial charge in [0.15, 0.2) is 0 Å². The number of rotatable bonds is 6. The number of hydrogen-bond acceptors (Lipinski definition) is 3. The topological polar surface area (TPSA) is 83.4 Å². The molecule has 0 spiro atoms. The highest BCUT2D eigenvalue weighted by Crippen LogP contribution is 2.22. The predicted octanol–water partition coefficient (Wildman–Crippen LogP) is 4.32. The highest BCUT2D eigenvalue weighted by Gasteiger charge is 2.34. The van der Waals surface area contributed by atoms with E-state index in [1.165, 1.54) is 4.90 Å². The van der Waals surface area contributed by atoms with Gasteiger partial charge in [0.2, 0.25) is 0 Å². The number of aliphatic imine (C=N–C) groups is 2. The Hall–Kier alpha value is -2.77. The molecule has 1 heterocycles. The highest BCUT2D eigenvalue weighted by molar-refractivity contribution is 6.30. The fourth-order valence-electron chi connectivity index (χ4n) is 2.89. The fraction of sp³-hybridized carbons (Fsp3) is 0.300. The Morgan fingerprint density at radius 2 is 2.11 bits per heavy atom. The van der Waals surface area contributed by atoms with Crippen molar-refractivity contribution in [3.63, 3.8) is 0 Å². The molecule has 1 aromatic carbocycles. The van der Waals surface area contributed by atoms with E-state index in [9.17, 15) is 9.59 Å². The number of benzene rings is 1. The third-order valence-corrected chi connectivity index (χ3v) is 4.45. The number of halogens is 1. The molecule has 7 nitrogen and oxygen atoms in total. The van der Waals surface area contributed by atoms with Crippen LogP contribution in [-0.4, -0.2) is 48.3 Å². The molecule has 1 aliphatic heterocycles. The second-order valence-corrected chi connectivity index (χ2v) is 6.59. The van der Waals surface area contributed by atoms with Crippen LogP contribution >= 0.6 is 11.6 Å². The van der Waals surface area contributed by atoms with Crippen molar-refractivity contribution in [2.75, 3.05) is 25.1 Å². The van der Waals surface area contributed by atoms with Crippen LogP contribution in [0.4, 0.5) is 15.3 Å². The number of nitrogens with zero attached hydrogens (tertiary/aromatic N) is 3. The maximum Gasteiger partial charge on any atom is 0.349 e. The number of anilines is 1. The molecule has 1 unspecified atom stereocenters. The lowest BCUT2D eigenvalue weighted by Crippen LogP contribution is -2.47. The first-order valence-corrected chi connectivity index (χ1v) is 9.44. The third kappa shape index (κ3) is 4.94. The minimum atomic E-state index is -0.566. The lowest BCUT2D eigenvalue weighted by molar-refractivity contribution is 0.140. The van der Waals surface area contributed by atoms with Crippen LogP contribution in [0.2, 0.25) is 5.02 Å². The van der Waals surface area contributed by atoms with Gasteiger partial charge in [-0.05, 0) is 43.7 Å². The molecule has 0 saturated heterocycles. The molecule has 8 heteroatoms. The average molecular weight is 401 g/mol. The predicted molar refractivity (Wildman–Crippen MR) is 110 cm³/mol. The van der Waals surface area contributed by atoms with Gasteiger partial charge in [-0.1, -0.05) is 29.8 Å². The van der Waals surface area contributed by atoms with Crippen LogP contribution < -0.4 is 5.32 Å². The van der Waals surface area contributed by atoms with E-state index in [0.717, 1.165) is 0 Å². The van der Waals surface area contributed by atoms with E-state index in [1.54, 1.807) is 36.4 Å². The Labute approximate surface area is 168 Å². The molecule has 0 aromatic heterocycles. The van der Waals surface area contributed by atoms with Gasteiger partial charge in [0.05, 0.1) is 11.6 Å². The number of amides is 4. The molecule has 3 rings (SSSR count). The molecule has 1 aromatic rings. The van der Waals surface area contributed by atoms with E-state index in [-0.39, 0.29) is 5.92 Å². The van der Waals surface area contributed by atoms with Crippen molar-refractivity contribution < 1.29 is 14.3 Å². The summed E-state index contributed by atoms with van der Waals surface area (Å²) in [6, 6.07) is 5.72. The molecule has 0 radical (unpaired) electrons. The maximum atomic E-state index is 12.5. The normalized spacial score (nSPS) is 19.6. The van der Waals surface area contributed by atoms with E-state index < -0.39 is 12.1 Å². The Morgan fingerprint density at radius 1 is 1.32 bits per heavy atom. The number of ether oxygens (including phenoxy) is 1. The second-order valence-electron chi connectivity index (χ2n) is 6.15. The van der Waals surface area contributed by atoms with Crippen LogP contribution in [-0.2, 0) is 4.74 Å². The number of carbonyl (C=O) groups is 2. The fourth-order valence-corrected chi connectivity index (χ4v) is 3.02. The summed E-state index contributed by atoms with van der Waals surface area (Å²) >= 11 is 5.86. The summed E-state index contributed by atoms with van der Waals surface area (Å²) in [5.41, 5.74) is 1.14. The van der Waals surface area contributed by atoms with Gasteiger partial charge < -0.3 is 10.1 Å². The van der Waals surface area contributed by atoms with E-state index in [4.69, 9.17) is 16.3 Å². The average Bonchev–Trinajstić information content (AvgIpc) is 2.68. The van der Waals surface area contributed by atoms with Crippen molar-refractivity contribution in [2.24, 2.45) is 15.9 Å². The summed E-state index contributed by atoms with van der Waals surface area (Å²) in [5.74, 6) is 0.0179. The lowest BCUT2D eigenvalue weighted by atomic mass is 9.94. The molecular formula is C20H21ClN4O3. The van der Waals surface area contributed by atoms with E-state index in [2.05, 4.69) is 15.3 Å². The molecular weight excluding hydrogens is 380 g/mol. The van der Waals surface area contributed by atoms with Crippen molar-refractivity contribution in [1.82, 2.24) is 4.90 Å². The number of amidine groups is 1. The Bertz CT molecular complexity index is 859. The number of hydrogen-bond donors (Lipinski definition) is 1. The molecule has 28 heavy (non-hydrogen) atoms. The number of carbonyl (C=O) groups excluding carboxylic acids is 2. The summed E-state index contributed by atoms with van der Waals surface area (Å²) in [7, 11) is 0. The summed E-state index contributed by atoms with van der Waals surface area (Å²) in [5, 5.41) is 3.27. The minimum Gasteiger partial charge on any atom is -0.382 e. The van der Waals surface area contributed by atoms with E-state index in [0.29, 0.717) is 48.4 Å². The zero-order chi connectivity index (χ0) is 19.9. The lowest BCUT2D eigenvalue weighted by Gasteiger charge is -2.31. The summed E-state index contributed by atoms with van der Waals surface area (Å²) in [4.78, 5) is 34.8. The van der Waals surface area contributed by atoms with Gasteiger partial charge in [0.1, 0.15) is 5.84 Å². The van der Waals surface area contributed by atoms with Crippen molar-refractivity contribution in [3.05, 3.63) is 53.6 Å². The number of fused-ring (bicyclic) bond motifs is 1. The smallest absolute Gasteiger partial charge is 0.349 e. The van der Waals surface area contributed by atoms with Crippen molar-refractivity contribution >= 4 is 40.9 Å². The van der Waals surface area contributed by atoms with Gasteiger partial charge in [0.25, 0.3) is 0 Å². The number of nitrogens with one attached hydrogen (secondary N) is 1. The van der Waals surface area contributed by atoms with Crippen molar-refractivity contribution in [1.29, 1.82) is 0 Å². The maximum absolute atomic E-state index is 12.5.